The highest BCUT2D eigenvalue weighted by molar-refractivity contribution is 6.36. The first-order valence-corrected chi connectivity index (χ1v) is 36.2. The third-order valence-electron chi connectivity index (χ3n) is 18.1. The Morgan fingerprint density at radius 3 is 1.77 bits per heavy atom. The summed E-state index contributed by atoms with van der Waals surface area (Å²) < 4.78 is 20.4. The molecule has 37 heteroatoms. The fraction of sp³-hybridized carbons (Fsp3) is 0.563. The lowest BCUT2D eigenvalue weighted by molar-refractivity contribution is -0.136. The van der Waals surface area contributed by atoms with Crippen molar-refractivity contribution in [2.75, 3.05) is 77.1 Å². The van der Waals surface area contributed by atoms with Gasteiger partial charge in [0, 0.05) is 43.0 Å². The molecule has 1 saturated heterocycles. The molecule has 2 aliphatic rings. The van der Waals surface area contributed by atoms with E-state index in [0.717, 1.165) is 37.0 Å². The number of likely N-dealkylation sites (N-methyl/N-ethyl adjacent to an activating group) is 1. The lowest BCUT2D eigenvalue weighted by Gasteiger charge is -2.29. The minimum Gasteiger partial charge on any atom is -0.428 e. The van der Waals surface area contributed by atoms with Gasteiger partial charge < -0.3 is 117 Å². The number of halogens is 1. The van der Waals surface area contributed by atoms with Crippen molar-refractivity contribution in [1.29, 1.82) is 0 Å². The Morgan fingerprint density at radius 1 is 0.667 bits per heavy atom. The molecular formula is C71H109FN20O16. The largest absolute Gasteiger partial charge is 0.428 e. The minimum absolute atomic E-state index is 0.0117. The summed E-state index contributed by atoms with van der Waals surface area (Å²) in [6.45, 7) is 13.4. The second-order valence-corrected chi connectivity index (χ2v) is 26.8. The molecule has 25 N–H and O–H groups in total. The number of carbonyl (C=O) groups is 13. The maximum atomic E-state index is 14.9. The van der Waals surface area contributed by atoms with Crippen molar-refractivity contribution < 1.29 is 81.7 Å². The third-order valence-corrected chi connectivity index (χ3v) is 18.1. The fourth-order valence-corrected chi connectivity index (χ4v) is 12.1. The number of rotatable bonds is 32. The Kier molecular flexibility index (Phi) is 35.9. The number of aromatic nitrogens is 1. The molecule has 0 spiro atoms. The molecule has 0 bridgehead atoms. The van der Waals surface area contributed by atoms with Gasteiger partial charge in [-0.15, -0.1) is 0 Å². The molecule has 108 heavy (non-hydrogen) atoms. The van der Waals surface area contributed by atoms with Crippen LogP contribution >= 0.6 is 0 Å². The number of carbonyl (C=O) groups excluding carboxylic acids is 13. The van der Waals surface area contributed by atoms with Crippen LogP contribution in [0.2, 0.25) is 0 Å². The van der Waals surface area contributed by atoms with Crippen LogP contribution in [0.25, 0.3) is 11.6 Å². The Bertz CT molecular complexity index is 3650. The Balaban J connectivity index is 1.39. The summed E-state index contributed by atoms with van der Waals surface area (Å²) in [6, 6.07) is -3.91. The number of H-pyrrole nitrogens is 1. The molecule has 1 fully saturated rings. The standard InChI is InChI=1S/C71H109FN20O16/c1-9-91(10-2)31-30-79-67(103)56-38(5)52(80-39(56)6)35-45-44-34-43(72)16-17-55(44)92(70(45)106)36-108-71(107)88-50(22-28-77)64(100)90-58(41(8)94)69(105)85-48(20-26-75)60(96)84-51-23-29-78-68(104)57(40(7)93)89-63(99)49(21-27-76)82-59(95)46(18-24-73)83-65(101)53(32-37(3)4)86-66(102)54(33-42-14-12-11-13-15-42)87-61(97)47(19-25-74)81-62(51)98/h11-17,34-35,37,40-41,46-51,53-54,57-58,80,93-94H,9-10,18-33,36,73-77H2,1-8H3,(H,78,104)(H,79,103)(H,81,98)(H,82,95)(H,83,101)(H,84,96)(H,85,105)(H,86,102)(H,87,97)(H,88,107)(H,89,99)(H,90,100)/b45-35-/t40-,41-,46-,47-,48-,49-,50+,51+,53-,54-,57-,58+/m1/s1. The first kappa shape index (κ1) is 88.6. The minimum atomic E-state index is -1.90. The number of nitrogens with one attached hydrogen (secondary N) is 13. The van der Waals surface area contributed by atoms with Gasteiger partial charge >= 0.3 is 6.09 Å². The summed E-state index contributed by atoms with van der Waals surface area (Å²) >= 11 is 0. The van der Waals surface area contributed by atoms with Crippen molar-refractivity contribution in [3.8, 4) is 0 Å². The molecule has 5 rings (SSSR count). The number of amides is 13. The van der Waals surface area contributed by atoms with Crippen LogP contribution in [0.3, 0.4) is 0 Å². The molecule has 0 unspecified atom stereocenters. The molecule has 3 aromatic rings. The molecule has 0 saturated carbocycles. The van der Waals surface area contributed by atoms with E-state index in [0.29, 0.717) is 41.2 Å². The highest BCUT2D eigenvalue weighted by Gasteiger charge is 2.40. The van der Waals surface area contributed by atoms with Gasteiger partial charge in [-0.05, 0) is 160 Å². The zero-order chi connectivity index (χ0) is 80.1. The first-order valence-electron chi connectivity index (χ1n) is 36.2. The summed E-state index contributed by atoms with van der Waals surface area (Å²) in [5.74, 6) is -12.1. The van der Waals surface area contributed by atoms with Crippen LogP contribution in [0.1, 0.15) is 125 Å². The van der Waals surface area contributed by atoms with Crippen molar-refractivity contribution in [1.82, 2.24) is 73.7 Å². The summed E-state index contributed by atoms with van der Waals surface area (Å²) in [5, 5.41) is 52.4. The molecular weight excluding hydrogens is 1410 g/mol. The number of nitrogens with two attached hydrogens (primary N) is 5. The average Bonchev–Trinajstić information content (AvgIpc) is 1.61. The molecule has 0 aliphatic carbocycles. The summed E-state index contributed by atoms with van der Waals surface area (Å²) in [7, 11) is 0. The van der Waals surface area contributed by atoms with E-state index >= 15 is 0 Å². The SMILES string of the molecule is CCN(CC)CCNC(=O)c1c(C)[nH]c(/C=C2\C(=O)N(COC(=O)N[C@@H](CCN)C(=O)N[C@H](C(=O)N[C@H](CCN)C(=O)N[C@H]3CCNC(=O)[C@@H]([C@@H](C)O)NC(=O)[C@@H](CCN)NC(=O)[C@@H](CCN)NC(=O)[C@@H](CC(C)C)NC(=O)[C@@H](Cc4ccccc4)NC(=O)[C@@H](CCN)NC3=O)[C@@H](C)O)c3ccc(F)cc32)c1C. The normalized spacial score (nSPS) is 21.1. The van der Waals surface area contributed by atoms with E-state index in [1.165, 1.54) is 19.1 Å². The Morgan fingerprint density at radius 2 is 1.21 bits per heavy atom. The summed E-state index contributed by atoms with van der Waals surface area (Å²) in [5.41, 5.74) is 32.2. The lowest BCUT2D eigenvalue weighted by atomic mass is 10.00. The highest BCUT2D eigenvalue weighted by Crippen LogP contribution is 2.39. The average molecular weight is 1520 g/mol. The molecule has 2 aliphatic heterocycles. The van der Waals surface area contributed by atoms with Gasteiger partial charge in [0.1, 0.15) is 66.2 Å². The highest BCUT2D eigenvalue weighted by atomic mass is 19.1. The zero-order valence-corrected chi connectivity index (χ0v) is 62.4. The van der Waals surface area contributed by atoms with Crippen LogP contribution in [0, 0.1) is 25.6 Å². The van der Waals surface area contributed by atoms with Crippen LogP contribution < -0.4 is 97.4 Å². The molecule has 13 amide bonds. The van der Waals surface area contributed by atoms with Crippen LogP contribution in [0.15, 0.2) is 48.5 Å². The molecule has 3 heterocycles. The van der Waals surface area contributed by atoms with Crippen LogP contribution in [-0.4, -0.2) is 242 Å². The molecule has 596 valence electrons. The molecule has 1 aromatic heterocycles. The molecule has 0 radical (unpaired) electrons. The van der Waals surface area contributed by atoms with E-state index in [-0.39, 0.29) is 106 Å². The molecule has 2 aromatic carbocycles. The van der Waals surface area contributed by atoms with Crippen LogP contribution in [-0.2, 0) is 63.9 Å². The van der Waals surface area contributed by atoms with Crippen molar-refractivity contribution in [3.05, 3.63) is 88.0 Å². The zero-order valence-electron chi connectivity index (χ0n) is 62.4. The van der Waals surface area contributed by atoms with E-state index in [2.05, 4.69) is 73.7 Å². The number of fused-ring (bicyclic) bond motifs is 1. The van der Waals surface area contributed by atoms with Gasteiger partial charge in [0.25, 0.3) is 11.8 Å². The number of aliphatic hydroxyl groups excluding tert-OH is 2. The number of aromatic amines is 1. The van der Waals surface area contributed by atoms with Gasteiger partial charge in [-0.25, -0.2) is 9.18 Å². The number of ether oxygens (including phenoxy) is 1. The van der Waals surface area contributed by atoms with Crippen LogP contribution in [0.5, 0.6) is 0 Å². The fourth-order valence-electron chi connectivity index (χ4n) is 12.1. The number of benzene rings is 2. The first-order chi connectivity index (χ1) is 51.3. The summed E-state index contributed by atoms with van der Waals surface area (Å²) in [4.78, 5) is 190. The maximum Gasteiger partial charge on any atom is 0.409 e. The summed E-state index contributed by atoms with van der Waals surface area (Å²) in [6.07, 6.45) is -5.16. The van der Waals surface area contributed by atoms with Gasteiger partial charge in [-0.3, -0.25) is 62.4 Å². The predicted octanol–water partition coefficient (Wildman–Crippen LogP) is -4.54. The molecule has 36 nitrogen and oxygen atoms in total. The number of alkyl carbamates (subject to hydrolysis) is 1. The van der Waals surface area contributed by atoms with Crippen LogP contribution in [0.4, 0.5) is 14.9 Å². The number of nitrogens with zero attached hydrogens (tertiary/aromatic N) is 2. The van der Waals surface area contributed by atoms with Gasteiger partial charge in [-0.2, -0.15) is 0 Å². The number of anilines is 1. The second-order valence-electron chi connectivity index (χ2n) is 26.8. The Hall–Kier alpha value is -10.0. The van der Waals surface area contributed by atoms with Gasteiger partial charge in [0.2, 0.25) is 59.1 Å². The van der Waals surface area contributed by atoms with E-state index in [1.807, 2.05) is 13.8 Å². The van der Waals surface area contributed by atoms with Crippen molar-refractivity contribution in [2.24, 2.45) is 34.6 Å². The van der Waals surface area contributed by atoms with Crippen molar-refractivity contribution in [3.63, 3.8) is 0 Å². The van der Waals surface area contributed by atoms with E-state index < -0.39 is 169 Å². The van der Waals surface area contributed by atoms with E-state index in [1.54, 1.807) is 58.0 Å². The number of aliphatic hydroxyl groups is 2. The monoisotopic (exact) mass is 1520 g/mol. The topological polar surface area (TPSA) is 568 Å². The number of hydrogen-bond donors (Lipinski definition) is 20. The number of aryl methyl sites for hydroxylation is 1. The van der Waals surface area contributed by atoms with Gasteiger partial charge in [0.05, 0.1) is 29.0 Å². The Labute approximate surface area is 626 Å². The van der Waals surface area contributed by atoms with E-state index in [4.69, 9.17) is 33.4 Å². The van der Waals surface area contributed by atoms with Crippen molar-refractivity contribution in [2.45, 2.75) is 179 Å². The van der Waals surface area contributed by atoms with Gasteiger partial charge in [0.15, 0.2) is 6.73 Å². The number of hydrogen-bond acceptors (Lipinski definition) is 22. The quantitative estimate of drug-likeness (QED) is 0.0262. The third kappa shape index (κ3) is 25.9. The predicted molar refractivity (Wildman–Crippen MR) is 397 cm³/mol. The molecule has 12 atom stereocenters. The van der Waals surface area contributed by atoms with E-state index in [9.17, 15) is 76.9 Å². The lowest BCUT2D eigenvalue weighted by Crippen LogP contribution is -2.62. The smallest absolute Gasteiger partial charge is 0.409 e. The second kappa shape index (κ2) is 43.7. The van der Waals surface area contributed by atoms with Gasteiger partial charge in [-0.1, -0.05) is 58.0 Å². The van der Waals surface area contributed by atoms with Crippen molar-refractivity contribution >= 4 is 94.3 Å². The maximum absolute atomic E-state index is 14.9.